The van der Waals surface area contributed by atoms with Crippen molar-refractivity contribution >= 4 is 28.9 Å². The number of methoxy groups -OCH3 is 1. The van der Waals surface area contributed by atoms with Crippen LogP contribution in [0.4, 0.5) is 5.69 Å². The summed E-state index contributed by atoms with van der Waals surface area (Å²) in [5, 5.41) is 4.63. The van der Waals surface area contributed by atoms with Gasteiger partial charge in [0.1, 0.15) is 5.75 Å². The molecule has 0 aliphatic rings. The van der Waals surface area contributed by atoms with E-state index in [0.29, 0.717) is 22.3 Å². The monoisotopic (exact) mass is 310 g/mol. The Labute approximate surface area is 128 Å². The first kappa shape index (κ1) is 15.0. The Morgan fingerprint density at radius 3 is 2.40 bits per heavy atom. The number of anilines is 1. The lowest BCUT2D eigenvalue weighted by molar-refractivity contribution is 0.415. The van der Waals surface area contributed by atoms with Crippen molar-refractivity contribution in [3.63, 3.8) is 0 Å². The van der Waals surface area contributed by atoms with Crippen LogP contribution in [0.15, 0.2) is 42.5 Å². The lowest BCUT2D eigenvalue weighted by atomic mass is 10.1. The van der Waals surface area contributed by atoms with Crippen molar-refractivity contribution in [1.29, 1.82) is 0 Å². The number of hydrogen-bond acceptors (Lipinski definition) is 3. The average molecular weight is 311 g/mol. The van der Waals surface area contributed by atoms with Gasteiger partial charge in [0, 0.05) is 17.3 Å². The fourth-order valence-electron chi connectivity index (χ4n) is 1.93. The molecule has 20 heavy (non-hydrogen) atoms. The Balaban J connectivity index is 2.19. The maximum atomic E-state index is 6.14. The van der Waals surface area contributed by atoms with Crippen molar-refractivity contribution in [2.24, 2.45) is 5.73 Å². The van der Waals surface area contributed by atoms with Crippen LogP contribution in [0.1, 0.15) is 11.6 Å². The zero-order valence-corrected chi connectivity index (χ0v) is 12.6. The molecule has 0 bridgehead atoms. The first-order valence-electron chi connectivity index (χ1n) is 6.19. The van der Waals surface area contributed by atoms with Crippen molar-refractivity contribution in [3.05, 3.63) is 58.1 Å². The molecule has 0 fully saturated rings. The maximum Gasteiger partial charge on any atom is 0.137 e. The van der Waals surface area contributed by atoms with E-state index in [1.165, 1.54) is 0 Å². The molecule has 2 aromatic carbocycles. The molecule has 0 heterocycles. The molecule has 0 aliphatic heterocycles. The molecule has 0 saturated heterocycles. The zero-order valence-electron chi connectivity index (χ0n) is 11.1. The molecule has 0 amide bonds. The SMILES string of the molecule is COc1ccc(C(CN)Nc2ccc(Cl)cc2)cc1Cl. The third-order valence-electron chi connectivity index (χ3n) is 3.00. The van der Waals surface area contributed by atoms with E-state index in [2.05, 4.69) is 5.32 Å². The summed E-state index contributed by atoms with van der Waals surface area (Å²) in [6.45, 7) is 0.450. The fraction of sp³-hybridized carbons (Fsp3) is 0.200. The molecule has 106 valence electrons. The van der Waals surface area contributed by atoms with Crippen molar-refractivity contribution in [3.8, 4) is 5.75 Å². The van der Waals surface area contributed by atoms with Crippen LogP contribution < -0.4 is 15.8 Å². The van der Waals surface area contributed by atoms with E-state index in [9.17, 15) is 0 Å². The average Bonchev–Trinajstić information content (AvgIpc) is 2.46. The van der Waals surface area contributed by atoms with Gasteiger partial charge < -0.3 is 15.8 Å². The number of halogens is 2. The number of nitrogens with one attached hydrogen (secondary N) is 1. The second kappa shape index (κ2) is 6.84. The second-order valence-electron chi connectivity index (χ2n) is 4.33. The van der Waals surface area contributed by atoms with E-state index in [-0.39, 0.29) is 6.04 Å². The van der Waals surface area contributed by atoms with Crippen LogP contribution in [-0.2, 0) is 0 Å². The van der Waals surface area contributed by atoms with Gasteiger partial charge in [-0.2, -0.15) is 0 Å². The molecule has 2 rings (SSSR count). The Bertz CT molecular complexity index is 573. The van der Waals surface area contributed by atoms with Crippen molar-refractivity contribution in [1.82, 2.24) is 0 Å². The minimum absolute atomic E-state index is 0.0282. The first-order chi connectivity index (χ1) is 9.63. The Kier molecular flexibility index (Phi) is 5.12. The number of nitrogens with two attached hydrogens (primary N) is 1. The summed E-state index contributed by atoms with van der Waals surface area (Å²) in [4.78, 5) is 0. The molecule has 0 radical (unpaired) electrons. The molecular weight excluding hydrogens is 295 g/mol. The smallest absolute Gasteiger partial charge is 0.137 e. The van der Waals surface area contributed by atoms with Gasteiger partial charge >= 0.3 is 0 Å². The quantitative estimate of drug-likeness (QED) is 0.873. The van der Waals surface area contributed by atoms with Gasteiger partial charge in [-0.15, -0.1) is 0 Å². The zero-order chi connectivity index (χ0) is 14.5. The minimum atomic E-state index is -0.0282. The van der Waals surface area contributed by atoms with Gasteiger partial charge in [0.25, 0.3) is 0 Å². The molecule has 2 aromatic rings. The molecule has 3 nitrogen and oxygen atoms in total. The first-order valence-corrected chi connectivity index (χ1v) is 6.95. The number of rotatable bonds is 5. The van der Waals surface area contributed by atoms with Gasteiger partial charge in [-0.1, -0.05) is 29.3 Å². The van der Waals surface area contributed by atoms with Gasteiger partial charge in [0.2, 0.25) is 0 Å². The van der Waals surface area contributed by atoms with Gasteiger partial charge in [-0.25, -0.2) is 0 Å². The summed E-state index contributed by atoms with van der Waals surface area (Å²) in [6.07, 6.45) is 0. The van der Waals surface area contributed by atoms with Crippen LogP contribution in [0.3, 0.4) is 0 Å². The molecular formula is C15H16Cl2N2O. The molecule has 3 N–H and O–H groups in total. The molecule has 0 spiro atoms. The second-order valence-corrected chi connectivity index (χ2v) is 5.18. The third-order valence-corrected chi connectivity index (χ3v) is 3.55. The predicted octanol–water partition coefficient (Wildman–Crippen LogP) is 4.11. The number of ether oxygens (including phenoxy) is 1. The van der Waals surface area contributed by atoms with Crippen molar-refractivity contribution < 1.29 is 4.74 Å². The van der Waals surface area contributed by atoms with Crippen LogP contribution in [0.2, 0.25) is 10.0 Å². The van der Waals surface area contributed by atoms with E-state index in [1.54, 1.807) is 7.11 Å². The highest BCUT2D eigenvalue weighted by atomic mass is 35.5. The highest BCUT2D eigenvalue weighted by molar-refractivity contribution is 6.32. The van der Waals surface area contributed by atoms with E-state index in [0.717, 1.165) is 11.3 Å². The maximum absolute atomic E-state index is 6.14. The van der Waals surface area contributed by atoms with Crippen LogP contribution >= 0.6 is 23.2 Å². The number of benzene rings is 2. The fourth-order valence-corrected chi connectivity index (χ4v) is 2.32. The predicted molar refractivity (Wildman–Crippen MR) is 84.9 cm³/mol. The lowest BCUT2D eigenvalue weighted by Crippen LogP contribution is -2.20. The van der Waals surface area contributed by atoms with E-state index in [1.807, 2.05) is 42.5 Å². The van der Waals surface area contributed by atoms with E-state index >= 15 is 0 Å². The third kappa shape index (κ3) is 3.57. The molecule has 1 atom stereocenters. The summed E-state index contributed by atoms with van der Waals surface area (Å²) in [5.41, 5.74) is 7.80. The van der Waals surface area contributed by atoms with E-state index in [4.69, 9.17) is 33.7 Å². The van der Waals surface area contributed by atoms with E-state index < -0.39 is 0 Å². The standard InChI is InChI=1S/C15H16Cl2N2O/c1-20-15-7-2-10(8-13(15)17)14(9-18)19-12-5-3-11(16)4-6-12/h2-8,14,19H,9,18H2,1H3. The van der Waals surface area contributed by atoms with Crippen LogP contribution in [0, 0.1) is 0 Å². The number of hydrogen-bond donors (Lipinski definition) is 2. The summed E-state index contributed by atoms with van der Waals surface area (Å²) in [5.74, 6) is 0.651. The van der Waals surface area contributed by atoms with Crippen molar-refractivity contribution in [2.75, 3.05) is 19.0 Å². The summed E-state index contributed by atoms with van der Waals surface area (Å²) in [7, 11) is 1.59. The van der Waals surface area contributed by atoms with Gasteiger partial charge in [-0.05, 0) is 42.0 Å². The van der Waals surface area contributed by atoms with Crippen LogP contribution in [-0.4, -0.2) is 13.7 Å². The summed E-state index contributed by atoms with van der Waals surface area (Å²) >= 11 is 12.0. The molecule has 0 saturated carbocycles. The van der Waals surface area contributed by atoms with Gasteiger partial charge in [0.05, 0.1) is 18.2 Å². The summed E-state index contributed by atoms with van der Waals surface area (Å²) < 4.78 is 5.15. The topological polar surface area (TPSA) is 47.3 Å². The largest absolute Gasteiger partial charge is 0.495 e. The highest BCUT2D eigenvalue weighted by Crippen LogP contribution is 2.29. The van der Waals surface area contributed by atoms with Gasteiger partial charge in [0.15, 0.2) is 0 Å². The van der Waals surface area contributed by atoms with Gasteiger partial charge in [-0.3, -0.25) is 0 Å². The molecule has 1 unspecified atom stereocenters. The van der Waals surface area contributed by atoms with Crippen LogP contribution in [0.25, 0.3) is 0 Å². The lowest BCUT2D eigenvalue weighted by Gasteiger charge is -2.19. The Morgan fingerprint density at radius 1 is 1.15 bits per heavy atom. The van der Waals surface area contributed by atoms with Crippen molar-refractivity contribution in [2.45, 2.75) is 6.04 Å². The Morgan fingerprint density at radius 2 is 1.85 bits per heavy atom. The summed E-state index contributed by atoms with van der Waals surface area (Å²) in [6, 6.07) is 13.1. The van der Waals surface area contributed by atoms with Crippen LogP contribution in [0.5, 0.6) is 5.75 Å². The molecule has 0 aliphatic carbocycles. The molecule has 0 aromatic heterocycles. The minimum Gasteiger partial charge on any atom is -0.495 e. The highest BCUT2D eigenvalue weighted by Gasteiger charge is 2.12. The normalized spacial score (nSPS) is 12.0. The Hall–Kier alpha value is -1.42. The molecule has 5 heteroatoms.